The molecule has 3 nitrogen and oxygen atoms in total. The van der Waals surface area contributed by atoms with Gasteiger partial charge in [0.2, 0.25) is 0 Å². The molecule has 0 saturated heterocycles. The maximum Gasteiger partial charge on any atom is 0.148 e. The van der Waals surface area contributed by atoms with Crippen molar-refractivity contribution in [1.82, 2.24) is 15.2 Å². The van der Waals surface area contributed by atoms with Crippen LogP contribution in [0.3, 0.4) is 0 Å². The summed E-state index contributed by atoms with van der Waals surface area (Å²) in [4.78, 5) is 4.17. The Morgan fingerprint density at radius 2 is 1.67 bits per heavy atom. The first kappa shape index (κ1) is 11.0. The van der Waals surface area contributed by atoms with E-state index in [4.69, 9.17) is 0 Å². The Balaban J connectivity index is 0.000000561. The lowest BCUT2D eigenvalue weighted by atomic mass is 10.3. The second-order valence-electron chi connectivity index (χ2n) is 2.24. The molecule has 68 valence electrons. The maximum atomic E-state index is 4.17. The molecule has 0 radical (unpaired) electrons. The van der Waals surface area contributed by atoms with Crippen LogP contribution in [0.2, 0.25) is 0 Å². The van der Waals surface area contributed by atoms with Gasteiger partial charge in [-0.3, -0.25) is 0 Å². The number of hydrogen-bond donors (Lipinski definition) is 0. The molecular formula is C9H17N3. The van der Waals surface area contributed by atoms with Gasteiger partial charge in [-0.15, -0.1) is 5.10 Å². The quantitative estimate of drug-likeness (QED) is 0.642. The Morgan fingerprint density at radius 1 is 1.08 bits per heavy atom. The van der Waals surface area contributed by atoms with E-state index >= 15 is 0 Å². The largest absolute Gasteiger partial charge is 0.235 e. The average molecular weight is 167 g/mol. The van der Waals surface area contributed by atoms with E-state index in [1.165, 1.54) is 0 Å². The topological polar surface area (TPSA) is 38.7 Å². The lowest BCUT2D eigenvalue weighted by molar-refractivity contribution is 0.815. The van der Waals surface area contributed by atoms with E-state index in [1.807, 2.05) is 34.6 Å². The van der Waals surface area contributed by atoms with Gasteiger partial charge >= 0.3 is 0 Å². The Bertz CT molecular complexity index is 233. The molecule has 1 rings (SSSR count). The lowest BCUT2D eigenvalue weighted by Crippen LogP contribution is -2.00. The van der Waals surface area contributed by atoms with E-state index in [2.05, 4.69) is 15.2 Å². The van der Waals surface area contributed by atoms with Crippen molar-refractivity contribution in [1.29, 1.82) is 0 Å². The molecule has 0 N–H and O–H groups in total. The van der Waals surface area contributed by atoms with Gasteiger partial charge in [0.1, 0.15) is 5.82 Å². The lowest BCUT2D eigenvalue weighted by Gasteiger charge is -1.98. The standard InChI is InChI=1S/C7H11N3.C2H6/c1-4-7-5(2)8-6(3)9-10-7;1-2/h4H2,1-3H3;1-2H3. The van der Waals surface area contributed by atoms with Crippen molar-refractivity contribution >= 4 is 0 Å². The third kappa shape index (κ3) is 2.95. The summed E-state index contributed by atoms with van der Waals surface area (Å²) in [6.07, 6.45) is 0.909. The van der Waals surface area contributed by atoms with Gasteiger partial charge in [-0.2, -0.15) is 5.10 Å². The van der Waals surface area contributed by atoms with Crippen LogP contribution in [0.4, 0.5) is 0 Å². The Hall–Kier alpha value is -0.990. The minimum Gasteiger partial charge on any atom is -0.235 e. The van der Waals surface area contributed by atoms with E-state index < -0.39 is 0 Å². The van der Waals surface area contributed by atoms with Gasteiger partial charge in [-0.25, -0.2) is 4.98 Å². The van der Waals surface area contributed by atoms with Gasteiger partial charge in [0.05, 0.1) is 11.4 Å². The third-order valence-electron chi connectivity index (χ3n) is 1.40. The maximum absolute atomic E-state index is 4.17. The summed E-state index contributed by atoms with van der Waals surface area (Å²) in [5.41, 5.74) is 1.99. The molecule has 0 spiro atoms. The molecule has 0 fully saturated rings. The fraction of sp³-hybridized carbons (Fsp3) is 0.667. The highest BCUT2D eigenvalue weighted by atomic mass is 15.2. The van der Waals surface area contributed by atoms with Crippen molar-refractivity contribution in [2.75, 3.05) is 0 Å². The molecular weight excluding hydrogens is 150 g/mol. The summed E-state index contributed by atoms with van der Waals surface area (Å²) in [6.45, 7) is 9.86. The van der Waals surface area contributed by atoms with E-state index in [1.54, 1.807) is 0 Å². The van der Waals surface area contributed by atoms with E-state index in [9.17, 15) is 0 Å². The monoisotopic (exact) mass is 167 g/mol. The summed E-state index contributed by atoms with van der Waals surface area (Å²) >= 11 is 0. The van der Waals surface area contributed by atoms with Crippen LogP contribution >= 0.6 is 0 Å². The smallest absolute Gasteiger partial charge is 0.148 e. The van der Waals surface area contributed by atoms with E-state index in [-0.39, 0.29) is 0 Å². The molecule has 1 aromatic heterocycles. The summed E-state index contributed by atoms with van der Waals surface area (Å²) in [5, 5.41) is 7.83. The predicted octanol–water partition coefficient (Wildman–Crippen LogP) is 2.08. The van der Waals surface area contributed by atoms with Crippen molar-refractivity contribution < 1.29 is 0 Å². The third-order valence-corrected chi connectivity index (χ3v) is 1.40. The SMILES string of the molecule is CC.CCc1nnc(C)nc1C. The Labute approximate surface area is 74.3 Å². The molecule has 0 aliphatic heterocycles. The van der Waals surface area contributed by atoms with Gasteiger partial charge in [-0.1, -0.05) is 20.8 Å². The van der Waals surface area contributed by atoms with Crippen LogP contribution in [0.5, 0.6) is 0 Å². The summed E-state index contributed by atoms with van der Waals surface area (Å²) in [6, 6.07) is 0. The summed E-state index contributed by atoms with van der Waals surface area (Å²) in [5.74, 6) is 0.745. The van der Waals surface area contributed by atoms with Crippen LogP contribution in [0.15, 0.2) is 0 Å². The van der Waals surface area contributed by atoms with Crippen LogP contribution in [0, 0.1) is 13.8 Å². The van der Waals surface area contributed by atoms with Crippen molar-refractivity contribution in [2.45, 2.75) is 41.0 Å². The number of rotatable bonds is 1. The van der Waals surface area contributed by atoms with Gasteiger partial charge in [0.15, 0.2) is 0 Å². The van der Waals surface area contributed by atoms with Crippen LogP contribution in [-0.4, -0.2) is 15.2 Å². The Morgan fingerprint density at radius 3 is 2.08 bits per heavy atom. The van der Waals surface area contributed by atoms with Crippen LogP contribution in [0.25, 0.3) is 0 Å². The molecule has 1 aromatic rings. The fourth-order valence-electron chi connectivity index (χ4n) is 0.861. The number of hydrogen-bond acceptors (Lipinski definition) is 3. The summed E-state index contributed by atoms with van der Waals surface area (Å²) in [7, 11) is 0. The van der Waals surface area contributed by atoms with Gasteiger partial charge < -0.3 is 0 Å². The highest BCUT2D eigenvalue weighted by molar-refractivity contribution is 5.06. The zero-order valence-electron chi connectivity index (χ0n) is 8.55. The Kier molecular flexibility index (Phi) is 5.17. The zero-order chi connectivity index (χ0) is 9.56. The molecule has 0 aliphatic carbocycles. The molecule has 0 aliphatic rings. The number of aryl methyl sites for hydroxylation is 3. The van der Waals surface area contributed by atoms with Gasteiger partial charge in [0.25, 0.3) is 0 Å². The first-order chi connectivity index (χ1) is 5.74. The minimum absolute atomic E-state index is 0.745. The highest BCUT2D eigenvalue weighted by Gasteiger charge is 1.98. The molecule has 3 heteroatoms. The molecule has 1 heterocycles. The zero-order valence-corrected chi connectivity index (χ0v) is 8.55. The first-order valence-corrected chi connectivity index (χ1v) is 4.41. The molecule has 0 saturated carbocycles. The van der Waals surface area contributed by atoms with Gasteiger partial charge in [0, 0.05) is 0 Å². The number of nitrogens with zero attached hydrogens (tertiary/aromatic N) is 3. The second-order valence-corrected chi connectivity index (χ2v) is 2.24. The van der Waals surface area contributed by atoms with Gasteiger partial charge in [-0.05, 0) is 20.3 Å². The summed E-state index contributed by atoms with van der Waals surface area (Å²) < 4.78 is 0. The molecule has 0 amide bonds. The average Bonchev–Trinajstić information content (AvgIpc) is 2.08. The van der Waals surface area contributed by atoms with Crippen LogP contribution < -0.4 is 0 Å². The molecule has 0 bridgehead atoms. The fourth-order valence-corrected chi connectivity index (χ4v) is 0.861. The van der Waals surface area contributed by atoms with Crippen molar-refractivity contribution in [2.24, 2.45) is 0 Å². The first-order valence-electron chi connectivity index (χ1n) is 4.41. The normalized spacial score (nSPS) is 8.75. The van der Waals surface area contributed by atoms with Crippen LogP contribution in [0.1, 0.15) is 38.0 Å². The van der Waals surface area contributed by atoms with E-state index in [0.717, 1.165) is 23.6 Å². The number of aromatic nitrogens is 3. The molecule has 0 atom stereocenters. The van der Waals surface area contributed by atoms with Crippen LogP contribution in [-0.2, 0) is 6.42 Å². The predicted molar refractivity (Wildman–Crippen MR) is 50.0 cm³/mol. The second kappa shape index (κ2) is 5.63. The minimum atomic E-state index is 0.745. The van der Waals surface area contributed by atoms with Crippen molar-refractivity contribution in [3.05, 3.63) is 17.2 Å². The molecule has 0 aromatic carbocycles. The van der Waals surface area contributed by atoms with Crippen molar-refractivity contribution in [3.63, 3.8) is 0 Å². The molecule has 0 unspecified atom stereocenters. The molecule has 12 heavy (non-hydrogen) atoms. The highest BCUT2D eigenvalue weighted by Crippen LogP contribution is 1.99. The van der Waals surface area contributed by atoms with Crippen molar-refractivity contribution in [3.8, 4) is 0 Å². The van der Waals surface area contributed by atoms with E-state index in [0.29, 0.717) is 0 Å².